The van der Waals surface area contributed by atoms with E-state index < -0.39 is 0 Å². The molecule has 0 bridgehead atoms. The number of hydrogen-bond acceptors (Lipinski definition) is 2. The zero-order valence-corrected chi connectivity index (χ0v) is 10.0. The first kappa shape index (κ1) is 11.3. The van der Waals surface area contributed by atoms with Crippen molar-refractivity contribution in [3.05, 3.63) is 48.0 Å². The van der Waals surface area contributed by atoms with Crippen LogP contribution in [0.3, 0.4) is 0 Å². The summed E-state index contributed by atoms with van der Waals surface area (Å²) in [6.45, 7) is 4.27. The van der Waals surface area contributed by atoms with E-state index in [1.54, 1.807) is 6.20 Å². The summed E-state index contributed by atoms with van der Waals surface area (Å²) in [6, 6.07) is 7.89. The first-order chi connectivity index (χ1) is 8.22. The van der Waals surface area contributed by atoms with E-state index in [9.17, 15) is 0 Å². The van der Waals surface area contributed by atoms with Crippen molar-refractivity contribution in [3.8, 4) is 23.5 Å². The van der Waals surface area contributed by atoms with Gasteiger partial charge in [0.25, 0.3) is 0 Å². The van der Waals surface area contributed by atoms with Crippen LogP contribution in [0.15, 0.2) is 36.7 Å². The van der Waals surface area contributed by atoms with Crippen molar-refractivity contribution in [2.75, 3.05) is 0 Å². The highest BCUT2D eigenvalue weighted by atomic mass is 14.7. The third kappa shape index (κ3) is 2.34. The maximum Gasteiger partial charge on any atom is 0.113 e. The van der Waals surface area contributed by atoms with E-state index >= 15 is 0 Å². The number of hydrogen-bond donors (Lipinski definition) is 0. The molecule has 0 fully saturated rings. The van der Waals surface area contributed by atoms with E-state index in [4.69, 9.17) is 6.42 Å². The fraction of sp³-hybridized carbons (Fsp3) is 0.200. The van der Waals surface area contributed by atoms with Gasteiger partial charge >= 0.3 is 0 Å². The Labute approximate surface area is 102 Å². The molecule has 0 atom stereocenters. The number of aromatic nitrogens is 2. The van der Waals surface area contributed by atoms with E-state index in [0.717, 1.165) is 16.8 Å². The lowest BCUT2D eigenvalue weighted by atomic mass is 9.98. The van der Waals surface area contributed by atoms with Crippen LogP contribution in [-0.4, -0.2) is 9.97 Å². The van der Waals surface area contributed by atoms with Gasteiger partial charge in [-0.15, -0.1) is 6.42 Å². The first-order valence-electron chi connectivity index (χ1n) is 5.60. The Morgan fingerprint density at radius 3 is 2.71 bits per heavy atom. The molecule has 2 nitrogen and oxygen atoms in total. The molecule has 0 radical (unpaired) electrons. The second kappa shape index (κ2) is 4.80. The third-order valence-corrected chi connectivity index (χ3v) is 2.60. The molecule has 0 aromatic carbocycles. The second-order valence-corrected chi connectivity index (χ2v) is 4.16. The van der Waals surface area contributed by atoms with Crippen molar-refractivity contribution < 1.29 is 0 Å². The van der Waals surface area contributed by atoms with Gasteiger partial charge in [0.15, 0.2) is 0 Å². The van der Waals surface area contributed by atoms with Crippen LogP contribution in [-0.2, 0) is 0 Å². The molecule has 2 aromatic rings. The SMILES string of the molecule is C#Cc1cc(-c2cccnc2C(C)C)ccn1. The van der Waals surface area contributed by atoms with Gasteiger partial charge in [-0.3, -0.25) is 4.98 Å². The van der Waals surface area contributed by atoms with Gasteiger partial charge in [-0.25, -0.2) is 4.98 Å². The van der Waals surface area contributed by atoms with Crippen molar-refractivity contribution in [2.45, 2.75) is 19.8 Å². The van der Waals surface area contributed by atoms with Crippen LogP contribution in [0.5, 0.6) is 0 Å². The van der Waals surface area contributed by atoms with Crippen LogP contribution < -0.4 is 0 Å². The summed E-state index contributed by atoms with van der Waals surface area (Å²) in [4.78, 5) is 8.54. The normalized spacial score (nSPS) is 10.2. The first-order valence-corrected chi connectivity index (χ1v) is 5.60. The molecule has 2 rings (SSSR count). The Morgan fingerprint density at radius 2 is 2.00 bits per heavy atom. The molecule has 0 N–H and O–H groups in total. The Morgan fingerprint density at radius 1 is 1.18 bits per heavy atom. The number of pyridine rings is 2. The van der Waals surface area contributed by atoms with Gasteiger partial charge in [0.05, 0.1) is 5.69 Å². The monoisotopic (exact) mass is 222 g/mol. The van der Waals surface area contributed by atoms with Gasteiger partial charge in [0.1, 0.15) is 5.69 Å². The van der Waals surface area contributed by atoms with Crippen molar-refractivity contribution in [1.82, 2.24) is 9.97 Å². The van der Waals surface area contributed by atoms with Gasteiger partial charge in [0, 0.05) is 18.0 Å². The van der Waals surface area contributed by atoms with Gasteiger partial charge in [-0.05, 0) is 29.7 Å². The lowest BCUT2D eigenvalue weighted by Gasteiger charge is -2.11. The molecular weight excluding hydrogens is 208 g/mol. The van der Waals surface area contributed by atoms with Gasteiger partial charge in [-0.2, -0.15) is 0 Å². The lowest BCUT2D eigenvalue weighted by molar-refractivity contribution is 0.825. The van der Waals surface area contributed by atoms with Gasteiger partial charge in [0.2, 0.25) is 0 Å². The maximum atomic E-state index is 5.37. The average molecular weight is 222 g/mol. The minimum atomic E-state index is 0.383. The molecule has 0 amide bonds. The minimum absolute atomic E-state index is 0.383. The summed E-state index contributed by atoms with van der Waals surface area (Å²) in [5.74, 6) is 2.94. The molecule has 0 saturated heterocycles. The molecule has 2 aromatic heterocycles. The molecule has 0 unspecified atom stereocenters. The quantitative estimate of drug-likeness (QED) is 0.729. The predicted molar refractivity (Wildman–Crippen MR) is 69.5 cm³/mol. The molecule has 0 saturated carbocycles. The Balaban J connectivity index is 2.57. The van der Waals surface area contributed by atoms with Crippen molar-refractivity contribution >= 4 is 0 Å². The lowest BCUT2D eigenvalue weighted by Crippen LogP contribution is -1.96. The smallest absolute Gasteiger partial charge is 0.113 e. The van der Waals surface area contributed by atoms with Crippen LogP contribution in [0.1, 0.15) is 31.2 Å². The summed E-state index contributed by atoms with van der Waals surface area (Å²) >= 11 is 0. The van der Waals surface area contributed by atoms with E-state index in [1.807, 2.05) is 24.4 Å². The molecule has 84 valence electrons. The molecule has 0 spiro atoms. The minimum Gasteiger partial charge on any atom is -0.260 e. The highest BCUT2D eigenvalue weighted by Gasteiger charge is 2.09. The number of nitrogens with zero attached hydrogens (tertiary/aromatic N) is 2. The molecule has 0 aliphatic heterocycles. The fourth-order valence-corrected chi connectivity index (χ4v) is 1.80. The van der Waals surface area contributed by atoms with E-state index in [-0.39, 0.29) is 0 Å². The third-order valence-electron chi connectivity index (χ3n) is 2.60. The highest BCUT2D eigenvalue weighted by molar-refractivity contribution is 5.67. The fourth-order valence-electron chi connectivity index (χ4n) is 1.80. The van der Waals surface area contributed by atoms with Crippen LogP contribution in [0.4, 0.5) is 0 Å². The van der Waals surface area contributed by atoms with Crippen molar-refractivity contribution in [1.29, 1.82) is 0 Å². The summed E-state index contributed by atoms with van der Waals surface area (Å²) in [6.07, 6.45) is 8.93. The number of terminal acetylenes is 1. The van der Waals surface area contributed by atoms with E-state index in [1.165, 1.54) is 0 Å². The molecule has 0 aliphatic carbocycles. The average Bonchev–Trinajstić information content (AvgIpc) is 2.39. The predicted octanol–water partition coefficient (Wildman–Crippen LogP) is 3.25. The Kier molecular flexibility index (Phi) is 3.20. The van der Waals surface area contributed by atoms with Gasteiger partial charge in [-0.1, -0.05) is 25.8 Å². The molecule has 2 heterocycles. The molecule has 17 heavy (non-hydrogen) atoms. The van der Waals surface area contributed by atoms with Crippen molar-refractivity contribution in [2.24, 2.45) is 0 Å². The zero-order valence-electron chi connectivity index (χ0n) is 10.0. The second-order valence-electron chi connectivity index (χ2n) is 4.16. The topological polar surface area (TPSA) is 25.8 Å². The summed E-state index contributed by atoms with van der Waals surface area (Å²) < 4.78 is 0. The Hall–Kier alpha value is -2.14. The largest absolute Gasteiger partial charge is 0.260 e. The molecule has 0 aliphatic rings. The summed E-state index contributed by atoms with van der Waals surface area (Å²) in [5.41, 5.74) is 3.94. The van der Waals surface area contributed by atoms with Gasteiger partial charge < -0.3 is 0 Å². The highest BCUT2D eigenvalue weighted by Crippen LogP contribution is 2.27. The number of rotatable bonds is 2. The summed E-state index contributed by atoms with van der Waals surface area (Å²) in [5, 5.41) is 0. The maximum absolute atomic E-state index is 5.37. The van der Waals surface area contributed by atoms with Crippen LogP contribution >= 0.6 is 0 Å². The van der Waals surface area contributed by atoms with Crippen molar-refractivity contribution in [3.63, 3.8) is 0 Å². The standard InChI is InChI=1S/C15H14N2/c1-4-13-10-12(7-9-16-13)14-6-5-8-17-15(14)11(2)3/h1,5-11H,2-3H3. The summed E-state index contributed by atoms with van der Waals surface area (Å²) in [7, 11) is 0. The zero-order chi connectivity index (χ0) is 12.3. The van der Waals surface area contributed by atoms with Crippen LogP contribution in [0, 0.1) is 12.3 Å². The van der Waals surface area contributed by atoms with E-state index in [2.05, 4.69) is 35.8 Å². The van der Waals surface area contributed by atoms with E-state index in [0.29, 0.717) is 11.6 Å². The molecule has 2 heteroatoms. The Bertz CT molecular complexity index is 565. The van der Waals surface area contributed by atoms with Crippen LogP contribution in [0.2, 0.25) is 0 Å². The van der Waals surface area contributed by atoms with Crippen LogP contribution in [0.25, 0.3) is 11.1 Å². The molecular formula is C15H14N2.